The van der Waals surface area contributed by atoms with Crippen LogP contribution in [0, 0.1) is 5.92 Å². The van der Waals surface area contributed by atoms with Crippen LogP contribution in [0.4, 0.5) is 0 Å². The topological polar surface area (TPSA) is 78.5 Å². The van der Waals surface area contributed by atoms with Crippen molar-refractivity contribution in [3.05, 3.63) is 120 Å². The second-order valence-electron chi connectivity index (χ2n) is 10.9. The number of rotatable bonds is 9. The van der Waals surface area contributed by atoms with Gasteiger partial charge in [0.1, 0.15) is 6.17 Å². The highest BCUT2D eigenvalue weighted by molar-refractivity contribution is 5.95. The van der Waals surface area contributed by atoms with Crippen LogP contribution in [0.5, 0.6) is 0 Å². The van der Waals surface area contributed by atoms with Crippen molar-refractivity contribution >= 4 is 28.5 Å². The van der Waals surface area contributed by atoms with Gasteiger partial charge in [0.2, 0.25) is 11.8 Å². The molecule has 6 heteroatoms. The molecule has 1 aliphatic rings. The number of nitrogens with zero attached hydrogens (tertiary/aromatic N) is 1. The number of nitrogens with one attached hydrogen (secondary N) is 2. The van der Waals surface area contributed by atoms with E-state index in [0.717, 1.165) is 41.2 Å². The van der Waals surface area contributed by atoms with Crippen LogP contribution in [0.1, 0.15) is 47.2 Å². The Balaban J connectivity index is 1.35. The molecule has 0 aromatic heterocycles. The molecule has 0 unspecified atom stereocenters. The second kappa shape index (κ2) is 13.3. The summed E-state index contributed by atoms with van der Waals surface area (Å²) in [6.45, 7) is 0. The summed E-state index contributed by atoms with van der Waals surface area (Å²) in [6.07, 6.45) is 3.51. The fourth-order valence-electron chi connectivity index (χ4n) is 5.67. The highest BCUT2D eigenvalue weighted by Gasteiger charge is 2.34. The second-order valence-corrected chi connectivity index (χ2v) is 10.9. The molecule has 0 heterocycles. The van der Waals surface area contributed by atoms with Crippen molar-refractivity contribution in [1.82, 2.24) is 15.5 Å². The number of hydrogen-bond acceptors (Lipinski definition) is 3. The summed E-state index contributed by atoms with van der Waals surface area (Å²) in [5.41, 5.74) is 2.54. The lowest BCUT2D eigenvalue weighted by Gasteiger charge is -2.35. The van der Waals surface area contributed by atoms with E-state index in [9.17, 15) is 14.4 Å². The third-order valence-corrected chi connectivity index (χ3v) is 8.07. The SMILES string of the molecule is CN(C(=O)Cc1ccccc1)[C@H](Cc1ccc2ccccc2c1)NC(=O)[C@@H]1CCCC[C@@H]1NC(=O)c1ccccc1. The van der Waals surface area contributed by atoms with Crippen LogP contribution in [0.25, 0.3) is 10.8 Å². The average Bonchev–Trinajstić information content (AvgIpc) is 3.01. The number of fused-ring (bicyclic) bond motifs is 1. The van der Waals surface area contributed by atoms with Crippen LogP contribution < -0.4 is 10.6 Å². The van der Waals surface area contributed by atoms with E-state index in [0.29, 0.717) is 18.4 Å². The van der Waals surface area contributed by atoms with Crippen molar-refractivity contribution in [1.29, 1.82) is 0 Å². The summed E-state index contributed by atoms with van der Waals surface area (Å²) in [4.78, 5) is 41.8. The number of hydrogen-bond donors (Lipinski definition) is 2. The van der Waals surface area contributed by atoms with Gasteiger partial charge in [-0.25, -0.2) is 0 Å². The molecule has 0 spiro atoms. The van der Waals surface area contributed by atoms with Crippen molar-refractivity contribution in [2.45, 2.75) is 50.7 Å². The van der Waals surface area contributed by atoms with Crippen LogP contribution in [-0.4, -0.2) is 41.9 Å². The van der Waals surface area contributed by atoms with Gasteiger partial charge in [0.05, 0.1) is 12.3 Å². The molecular formula is C35H37N3O3. The molecule has 0 radical (unpaired) electrons. The summed E-state index contributed by atoms with van der Waals surface area (Å²) >= 11 is 0. The zero-order chi connectivity index (χ0) is 28.6. The maximum absolute atomic E-state index is 13.8. The minimum atomic E-state index is -0.535. The molecule has 6 nitrogen and oxygen atoms in total. The van der Waals surface area contributed by atoms with Gasteiger partial charge in [-0.2, -0.15) is 0 Å². The first kappa shape index (κ1) is 28.1. The Labute approximate surface area is 241 Å². The van der Waals surface area contributed by atoms with Gasteiger partial charge in [0, 0.05) is 25.1 Å². The van der Waals surface area contributed by atoms with E-state index in [4.69, 9.17) is 0 Å². The zero-order valence-electron chi connectivity index (χ0n) is 23.5. The smallest absolute Gasteiger partial charge is 0.251 e. The van der Waals surface area contributed by atoms with Gasteiger partial charge in [-0.3, -0.25) is 14.4 Å². The first-order valence-corrected chi connectivity index (χ1v) is 14.4. The number of amides is 3. The van der Waals surface area contributed by atoms with Crippen LogP contribution >= 0.6 is 0 Å². The summed E-state index contributed by atoms with van der Waals surface area (Å²) in [5.74, 6) is -0.737. The Hall–Kier alpha value is -4.45. The zero-order valence-corrected chi connectivity index (χ0v) is 23.5. The molecular weight excluding hydrogens is 510 g/mol. The number of benzene rings is 4. The monoisotopic (exact) mass is 547 g/mol. The molecule has 1 aliphatic carbocycles. The maximum atomic E-state index is 13.8. The Morgan fingerprint density at radius 2 is 1.44 bits per heavy atom. The van der Waals surface area contributed by atoms with Crippen LogP contribution in [0.3, 0.4) is 0 Å². The van der Waals surface area contributed by atoms with E-state index >= 15 is 0 Å². The molecule has 4 aromatic rings. The third kappa shape index (κ3) is 7.20. The fraction of sp³-hybridized carbons (Fsp3) is 0.286. The number of carbonyl (C=O) groups excluding carboxylic acids is 3. The summed E-state index contributed by atoms with van der Waals surface area (Å²) in [6, 6.07) is 32.9. The van der Waals surface area contributed by atoms with Gasteiger partial charge in [-0.05, 0) is 46.9 Å². The largest absolute Gasteiger partial charge is 0.349 e. The van der Waals surface area contributed by atoms with E-state index in [1.165, 1.54) is 0 Å². The minimum absolute atomic E-state index is 0.0696. The molecule has 210 valence electrons. The lowest BCUT2D eigenvalue weighted by molar-refractivity contribution is -0.135. The summed E-state index contributed by atoms with van der Waals surface area (Å²) in [7, 11) is 1.76. The van der Waals surface area contributed by atoms with Crippen LogP contribution in [0.15, 0.2) is 103 Å². The van der Waals surface area contributed by atoms with Crippen molar-refractivity contribution in [3.63, 3.8) is 0 Å². The van der Waals surface area contributed by atoms with E-state index in [2.05, 4.69) is 41.0 Å². The van der Waals surface area contributed by atoms with Crippen molar-refractivity contribution in [2.24, 2.45) is 5.92 Å². The minimum Gasteiger partial charge on any atom is -0.349 e. The maximum Gasteiger partial charge on any atom is 0.251 e. The van der Waals surface area contributed by atoms with Crippen LogP contribution in [-0.2, 0) is 22.4 Å². The normalized spacial score (nSPS) is 17.4. The molecule has 0 saturated heterocycles. The van der Waals surface area contributed by atoms with Crippen molar-refractivity contribution < 1.29 is 14.4 Å². The summed E-state index contributed by atoms with van der Waals surface area (Å²) in [5, 5.41) is 8.58. The Morgan fingerprint density at radius 1 is 0.780 bits per heavy atom. The van der Waals surface area contributed by atoms with Crippen molar-refractivity contribution in [2.75, 3.05) is 7.05 Å². The molecule has 0 aliphatic heterocycles. The lowest BCUT2D eigenvalue weighted by Crippen LogP contribution is -2.55. The summed E-state index contributed by atoms with van der Waals surface area (Å²) < 4.78 is 0. The van der Waals surface area contributed by atoms with Gasteiger partial charge >= 0.3 is 0 Å². The van der Waals surface area contributed by atoms with Gasteiger partial charge in [0.15, 0.2) is 0 Å². The van der Waals surface area contributed by atoms with Crippen LogP contribution in [0.2, 0.25) is 0 Å². The Kier molecular flexibility index (Phi) is 9.09. The van der Waals surface area contributed by atoms with Gasteiger partial charge in [0.25, 0.3) is 5.91 Å². The van der Waals surface area contributed by atoms with Gasteiger partial charge in [-0.15, -0.1) is 0 Å². The number of likely N-dealkylation sites (N-methyl/N-ethyl adjacent to an activating group) is 1. The van der Waals surface area contributed by atoms with Crippen molar-refractivity contribution in [3.8, 4) is 0 Å². The standard InChI is InChI=1S/C35H37N3O3/c1-38(33(39)24-25-12-4-2-5-13-25)32(23-26-20-21-27-14-8-9-17-29(27)22-26)37-35(41)30-18-10-11-19-31(30)36-34(40)28-15-6-3-7-16-28/h2-9,12-17,20-22,30-32H,10-11,18-19,23-24H2,1H3,(H,36,40)(H,37,41)/t30-,31+,32-/m1/s1. The molecule has 3 amide bonds. The fourth-order valence-corrected chi connectivity index (χ4v) is 5.67. The Morgan fingerprint density at radius 3 is 2.20 bits per heavy atom. The quantitative estimate of drug-likeness (QED) is 0.271. The molecule has 1 saturated carbocycles. The van der Waals surface area contributed by atoms with Gasteiger partial charge in [-0.1, -0.05) is 104 Å². The van der Waals surface area contributed by atoms with E-state index < -0.39 is 6.17 Å². The molecule has 3 atom stereocenters. The number of carbonyl (C=O) groups is 3. The predicted molar refractivity (Wildman–Crippen MR) is 162 cm³/mol. The molecule has 5 rings (SSSR count). The molecule has 2 N–H and O–H groups in total. The highest BCUT2D eigenvalue weighted by atomic mass is 16.2. The van der Waals surface area contributed by atoms with E-state index in [1.807, 2.05) is 60.7 Å². The third-order valence-electron chi connectivity index (χ3n) is 8.07. The molecule has 1 fully saturated rings. The first-order valence-electron chi connectivity index (χ1n) is 14.4. The van der Waals surface area contributed by atoms with E-state index in [1.54, 1.807) is 24.1 Å². The molecule has 0 bridgehead atoms. The van der Waals surface area contributed by atoms with Gasteiger partial charge < -0.3 is 15.5 Å². The Bertz CT molecular complexity index is 1490. The van der Waals surface area contributed by atoms with E-state index in [-0.39, 0.29) is 36.1 Å². The lowest BCUT2D eigenvalue weighted by atomic mass is 9.83. The average molecular weight is 548 g/mol. The predicted octanol–water partition coefficient (Wildman–Crippen LogP) is 5.51. The highest BCUT2D eigenvalue weighted by Crippen LogP contribution is 2.26. The molecule has 41 heavy (non-hydrogen) atoms. The first-order chi connectivity index (χ1) is 20.0. The molecule has 4 aromatic carbocycles.